The zero-order chi connectivity index (χ0) is 20.5. The number of rotatable bonds is 10. The summed E-state index contributed by atoms with van der Waals surface area (Å²) in [6.07, 6.45) is 1.53. The molecule has 29 heavy (non-hydrogen) atoms. The molecule has 0 amide bonds. The standard InChI is InChI=1S/C11H13O3.C11H11O3.Y/c2*1-2-11(12)14-9-8-13-10-6-4-3-5-7-10;/h4-7H,2,8-9H2,1H3;2,4-7H,1,8-9H2;/q2*-1;. The van der Waals surface area contributed by atoms with Gasteiger partial charge in [-0.1, -0.05) is 13.5 Å². The quantitative estimate of drug-likeness (QED) is 0.228. The first kappa shape index (κ1) is 26.8. The summed E-state index contributed by atoms with van der Waals surface area (Å²) < 4.78 is 20.1. The topological polar surface area (TPSA) is 71.1 Å². The summed E-state index contributed by atoms with van der Waals surface area (Å²) in [5.41, 5.74) is 0. The summed E-state index contributed by atoms with van der Waals surface area (Å²) in [6.45, 7) is 6.28. The zero-order valence-electron chi connectivity index (χ0n) is 16.5. The van der Waals surface area contributed by atoms with Crippen LogP contribution in [0.4, 0.5) is 0 Å². The van der Waals surface area contributed by atoms with Crippen LogP contribution in [-0.2, 0) is 51.8 Å². The van der Waals surface area contributed by atoms with E-state index in [1.165, 1.54) is 0 Å². The van der Waals surface area contributed by atoms with E-state index in [9.17, 15) is 9.59 Å². The van der Waals surface area contributed by atoms with E-state index in [0.29, 0.717) is 26.2 Å². The van der Waals surface area contributed by atoms with Crippen molar-refractivity contribution in [2.24, 2.45) is 0 Å². The van der Waals surface area contributed by atoms with Crippen molar-refractivity contribution >= 4 is 11.9 Å². The molecule has 0 fully saturated rings. The maximum absolute atomic E-state index is 10.7. The summed E-state index contributed by atoms with van der Waals surface area (Å²) in [5.74, 6) is 0.861. The molecule has 0 aliphatic heterocycles. The number of carbonyl (C=O) groups excluding carboxylic acids is 2. The molecule has 153 valence electrons. The molecule has 2 aromatic carbocycles. The van der Waals surface area contributed by atoms with E-state index in [1.807, 2.05) is 12.1 Å². The van der Waals surface area contributed by atoms with Crippen molar-refractivity contribution in [1.29, 1.82) is 0 Å². The molecule has 0 saturated heterocycles. The summed E-state index contributed by atoms with van der Waals surface area (Å²) in [6, 6.07) is 20.0. The van der Waals surface area contributed by atoms with E-state index in [0.717, 1.165) is 17.6 Å². The van der Waals surface area contributed by atoms with Crippen LogP contribution in [0.2, 0.25) is 0 Å². The van der Waals surface area contributed by atoms with Crippen molar-refractivity contribution in [3.63, 3.8) is 0 Å². The van der Waals surface area contributed by atoms with Crippen LogP contribution < -0.4 is 9.47 Å². The van der Waals surface area contributed by atoms with E-state index in [4.69, 9.17) is 18.9 Å². The Morgan fingerprint density at radius 1 is 0.862 bits per heavy atom. The van der Waals surface area contributed by atoms with Gasteiger partial charge in [0.05, 0.1) is 0 Å². The number of benzene rings is 2. The number of hydrogen-bond acceptors (Lipinski definition) is 6. The Labute approximate surface area is 197 Å². The first-order valence-corrected chi connectivity index (χ1v) is 8.78. The Kier molecular flexibility index (Phi) is 16.5. The van der Waals surface area contributed by atoms with E-state index < -0.39 is 5.97 Å². The predicted molar refractivity (Wildman–Crippen MR) is 104 cm³/mol. The van der Waals surface area contributed by atoms with Gasteiger partial charge < -0.3 is 18.9 Å². The van der Waals surface area contributed by atoms with Gasteiger partial charge in [-0.05, 0) is 0 Å². The van der Waals surface area contributed by atoms with Crippen LogP contribution in [0.5, 0.6) is 11.5 Å². The summed E-state index contributed by atoms with van der Waals surface area (Å²) >= 11 is 0. The predicted octanol–water partition coefficient (Wildman–Crippen LogP) is 3.41. The van der Waals surface area contributed by atoms with Crippen LogP contribution in [0, 0.1) is 12.1 Å². The smallest absolute Gasteiger partial charge is 0.330 e. The van der Waals surface area contributed by atoms with Crippen LogP contribution >= 0.6 is 0 Å². The minimum atomic E-state index is -0.435. The summed E-state index contributed by atoms with van der Waals surface area (Å²) in [7, 11) is 0. The molecule has 2 rings (SSSR count). The fourth-order valence-electron chi connectivity index (χ4n) is 1.71. The number of ether oxygens (including phenoxy) is 4. The van der Waals surface area contributed by atoms with Gasteiger partial charge in [-0.15, -0.1) is 24.3 Å². The van der Waals surface area contributed by atoms with Gasteiger partial charge in [-0.2, -0.15) is 36.4 Å². The van der Waals surface area contributed by atoms with E-state index >= 15 is 0 Å². The SMILES string of the molecule is C=CC(=O)OCCOc1cc[c-]cc1.CCC(=O)OCCOc1cc[c-]cc1.[Y]. The molecular formula is C22H24O6Y-2. The minimum Gasteiger partial charge on any atom is -0.515 e. The molecule has 0 spiro atoms. The monoisotopic (exact) mass is 473 g/mol. The second-order valence-corrected chi connectivity index (χ2v) is 5.11. The Morgan fingerprint density at radius 2 is 1.31 bits per heavy atom. The van der Waals surface area contributed by atoms with Crippen LogP contribution in [0.15, 0.2) is 61.2 Å². The first-order chi connectivity index (χ1) is 13.7. The molecule has 7 heteroatoms. The molecule has 2 aromatic rings. The molecule has 0 aliphatic carbocycles. The van der Waals surface area contributed by atoms with Crippen molar-refractivity contribution < 1.29 is 61.2 Å². The average Bonchev–Trinajstić information content (AvgIpc) is 2.76. The normalized spacial score (nSPS) is 9.00. The van der Waals surface area contributed by atoms with Gasteiger partial charge in [0.2, 0.25) is 0 Å². The number of carbonyl (C=O) groups is 2. The third-order valence-corrected chi connectivity index (χ3v) is 3.04. The van der Waals surface area contributed by atoms with Crippen molar-refractivity contribution in [1.82, 2.24) is 0 Å². The van der Waals surface area contributed by atoms with Gasteiger partial charge in [-0.3, -0.25) is 4.79 Å². The number of esters is 2. The zero-order valence-corrected chi connectivity index (χ0v) is 19.3. The molecule has 0 bridgehead atoms. The van der Waals surface area contributed by atoms with Gasteiger partial charge in [0, 0.05) is 56.7 Å². The van der Waals surface area contributed by atoms with Crippen LogP contribution in [0.25, 0.3) is 0 Å². The summed E-state index contributed by atoms with van der Waals surface area (Å²) in [4.78, 5) is 21.4. The summed E-state index contributed by atoms with van der Waals surface area (Å²) in [5, 5.41) is 0. The molecule has 0 N–H and O–H groups in total. The maximum atomic E-state index is 10.7. The van der Waals surface area contributed by atoms with Gasteiger partial charge in [0.25, 0.3) is 0 Å². The Hall–Kier alpha value is -2.18. The molecule has 0 atom stereocenters. The Bertz CT molecular complexity index is 691. The largest absolute Gasteiger partial charge is 0.515 e. The second-order valence-electron chi connectivity index (χ2n) is 5.11. The second kappa shape index (κ2) is 17.9. The third kappa shape index (κ3) is 14.5. The van der Waals surface area contributed by atoms with Crippen LogP contribution in [0.3, 0.4) is 0 Å². The van der Waals surface area contributed by atoms with Crippen molar-refractivity contribution in [2.45, 2.75) is 13.3 Å². The number of hydrogen-bond donors (Lipinski definition) is 0. The average molecular weight is 473 g/mol. The molecule has 1 radical (unpaired) electrons. The molecule has 0 unspecified atom stereocenters. The van der Waals surface area contributed by atoms with Crippen molar-refractivity contribution in [3.05, 3.63) is 73.3 Å². The van der Waals surface area contributed by atoms with E-state index in [1.54, 1.807) is 43.3 Å². The van der Waals surface area contributed by atoms with Crippen molar-refractivity contribution in [2.75, 3.05) is 26.4 Å². The first-order valence-electron chi connectivity index (χ1n) is 8.78. The van der Waals surface area contributed by atoms with Gasteiger partial charge >= 0.3 is 11.9 Å². The fourth-order valence-corrected chi connectivity index (χ4v) is 1.71. The van der Waals surface area contributed by atoms with Crippen molar-refractivity contribution in [3.8, 4) is 11.5 Å². The molecule has 6 nitrogen and oxygen atoms in total. The molecule has 0 aromatic heterocycles. The van der Waals surface area contributed by atoms with E-state index in [-0.39, 0.29) is 45.3 Å². The van der Waals surface area contributed by atoms with Gasteiger partial charge in [0.15, 0.2) is 0 Å². The molecular weight excluding hydrogens is 449 g/mol. The molecule has 0 heterocycles. The Balaban J connectivity index is 0.000000523. The molecule has 0 saturated carbocycles. The van der Waals surface area contributed by atoms with Crippen LogP contribution in [-0.4, -0.2) is 38.4 Å². The fraction of sp³-hybridized carbons (Fsp3) is 0.273. The third-order valence-electron chi connectivity index (χ3n) is 3.04. The maximum Gasteiger partial charge on any atom is 0.330 e. The minimum absolute atomic E-state index is 0. The van der Waals surface area contributed by atoms with Gasteiger partial charge in [0.1, 0.15) is 26.4 Å². The molecule has 0 aliphatic rings. The van der Waals surface area contributed by atoms with Gasteiger partial charge in [-0.25, -0.2) is 4.79 Å². The van der Waals surface area contributed by atoms with E-state index in [2.05, 4.69) is 18.7 Å². The van der Waals surface area contributed by atoms with Crippen LogP contribution in [0.1, 0.15) is 13.3 Å². The Morgan fingerprint density at radius 3 is 1.72 bits per heavy atom.